The SMILES string of the molecule is Nc1cc(F)c(Br)cc1NCC(O)c1ccsc1. The Hall–Kier alpha value is -1.11. The number of aliphatic hydroxyl groups excluding tert-OH is 1. The molecule has 6 heteroatoms. The number of hydrogen-bond donors (Lipinski definition) is 3. The molecule has 0 radical (unpaired) electrons. The third-order valence-corrected chi connectivity index (χ3v) is 3.82. The smallest absolute Gasteiger partial charge is 0.139 e. The Balaban J connectivity index is 2.04. The van der Waals surface area contributed by atoms with Crippen LogP contribution in [0.4, 0.5) is 15.8 Å². The maximum Gasteiger partial charge on any atom is 0.139 e. The monoisotopic (exact) mass is 330 g/mol. The second kappa shape index (κ2) is 5.69. The molecule has 2 aromatic rings. The van der Waals surface area contributed by atoms with E-state index >= 15 is 0 Å². The number of nitrogens with two attached hydrogens (primary N) is 1. The number of benzene rings is 1. The fraction of sp³-hybridized carbons (Fsp3) is 0.167. The second-order valence-corrected chi connectivity index (χ2v) is 5.44. The van der Waals surface area contributed by atoms with Crippen LogP contribution in [-0.2, 0) is 0 Å². The molecule has 1 aromatic carbocycles. The lowest BCUT2D eigenvalue weighted by atomic mass is 10.2. The molecule has 0 aliphatic carbocycles. The summed E-state index contributed by atoms with van der Waals surface area (Å²) < 4.78 is 13.5. The molecule has 18 heavy (non-hydrogen) atoms. The quantitative estimate of drug-likeness (QED) is 0.753. The summed E-state index contributed by atoms with van der Waals surface area (Å²) in [5.74, 6) is -0.406. The van der Waals surface area contributed by atoms with Crippen LogP contribution in [0.2, 0.25) is 0 Å². The van der Waals surface area contributed by atoms with Crippen LogP contribution in [0.25, 0.3) is 0 Å². The van der Waals surface area contributed by atoms with Gasteiger partial charge in [-0.2, -0.15) is 11.3 Å². The summed E-state index contributed by atoms with van der Waals surface area (Å²) >= 11 is 4.62. The van der Waals surface area contributed by atoms with Crippen LogP contribution in [0, 0.1) is 5.82 Å². The molecule has 0 amide bonds. The van der Waals surface area contributed by atoms with Gasteiger partial charge in [-0.25, -0.2) is 4.39 Å². The van der Waals surface area contributed by atoms with Crippen LogP contribution in [0.1, 0.15) is 11.7 Å². The topological polar surface area (TPSA) is 58.3 Å². The first-order valence-corrected chi connectivity index (χ1v) is 7.00. The Morgan fingerprint density at radius 3 is 2.94 bits per heavy atom. The molecule has 0 saturated heterocycles. The van der Waals surface area contributed by atoms with Gasteiger partial charge < -0.3 is 16.2 Å². The molecule has 96 valence electrons. The summed E-state index contributed by atoms with van der Waals surface area (Å²) in [6.07, 6.45) is -0.612. The zero-order valence-electron chi connectivity index (χ0n) is 9.36. The van der Waals surface area contributed by atoms with E-state index in [0.29, 0.717) is 22.4 Å². The van der Waals surface area contributed by atoms with Gasteiger partial charge in [0.05, 0.1) is 22.0 Å². The highest BCUT2D eigenvalue weighted by Crippen LogP contribution is 2.27. The lowest BCUT2D eigenvalue weighted by Gasteiger charge is -2.14. The summed E-state index contributed by atoms with van der Waals surface area (Å²) in [5.41, 5.74) is 7.45. The van der Waals surface area contributed by atoms with Crippen molar-refractivity contribution >= 4 is 38.6 Å². The third kappa shape index (κ3) is 3.01. The summed E-state index contributed by atoms with van der Waals surface area (Å²) in [5, 5.41) is 16.7. The van der Waals surface area contributed by atoms with E-state index in [-0.39, 0.29) is 0 Å². The molecule has 1 unspecified atom stereocenters. The predicted molar refractivity (Wildman–Crippen MR) is 76.3 cm³/mol. The van der Waals surface area contributed by atoms with Gasteiger partial charge in [0.25, 0.3) is 0 Å². The van der Waals surface area contributed by atoms with Gasteiger partial charge in [-0.1, -0.05) is 0 Å². The van der Waals surface area contributed by atoms with Crippen molar-refractivity contribution in [1.29, 1.82) is 0 Å². The molecule has 2 rings (SSSR count). The molecule has 0 aliphatic heterocycles. The van der Waals surface area contributed by atoms with Crippen LogP contribution in [0.15, 0.2) is 33.4 Å². The Bertz CT molecular complexity index is 533. The van der Waals surface area contributed by atoms with E-state index in [2.05, 4.69) is 21.2 Å². The van der Waals surface area contributed by atoms with E-state index in [0.717, 1.165) is 5.56 Å². The van der Waals surface area contributed by atoms with Crippen LogP contribution in [-0.4, -0.2) is 11.7 Å². The average Bonchev–Trinajstić information content (AvgIpc) is 2.85. The standard InChI is InChI=1S/C12H12BrFN2OS/c13-8-3-11(10(15)4-9(8)14)16-5-12(17)7-1-2-18-6-7/h1-4,6,12,16-17H,5,15H2. The fourth-order valence-corrected chi connectivity index (χ4v) is 2.55. The van der Waals surface area contributed by atoms with E-state index in [4.69, 9.17) is 5.73 Å². The van der Waals surface area contributed by atoms with Gasteiger partial charge >= 0.3 is 0 Å². The molecular weight excluding hydrogens is 319 g/mol. The molecule has 1 heterocycles. The van der Waals surface area contributed by atoms with Gasteiger partial charge in [-0.15, -0.1) is 0 Å². The first-order chi connectivity index (χ1) is 8.58. The molecule has 0 fully saturated rings. The number of nitrogen functional groups attached to an aromatic ring is 1. The van der Waals surface area contributed by atoms with Crippen molar-refractivity contribution in [2.45, 2.75) is 6.10 Å². The highest BCUT2D eigenvalue weighted by Gasteiger charge is 2.10. The van der Waals surface area contributed by atoms with E-state index in [1.54, 1.807) is 6.07 Å². The fourth-order valence-electron chi connectivity index (χ4n) is 1.50. The summed E-state index contributed by atoms with van der Waals surface area (Å²) in [6.45, 7) is 0.318. The summed E-state index contributed by atoms with van der Waals surface area (Å²) in [7, 11) is 0. The van der Waals surface area contributed by atoms with Crippen LogP contribution in [0.5, 0.6) is 0 Å². The van der Waals surface area contributed by atoms with Gasteiger partial charge in [-0.3, -0.25) is 0 Å². The highest BCUT2D eigenvalue weighted by molar-refractivity contribution is 9.10. The van der Waals surface area contributed by atoms with Crippen molar-refractivity contribution in [2.75, 3.05) is 17.6 Å². The minimum absolute atomic E-state index is 0.313. The molecule has 0 spiro atoms. The second-order valence-electron chi connectivity index (χ2n) is 3.81. The average molecular weight is 331 g/mol. The summed E-state index contributed by atoms with van der Waals surface area (Å²) in [6, 6.07) is 4.66. The number of aliphatic hydroxyl groups is 1. The Labute approximate surface area is 117 Å². The molecule has 4 N–H and O–H groups in total. The highest BCUT2D eigenvalue weighted by atomic mass is 79.9. The van der Waals surface area contributed by atoms with Crippen molar-refractivity contribution in [2.24, 2.45) is 0 Å². The van der Waals surface area contributed by atoms with Gasteiger partial charge in [-0.05, 0) is 44.4 Å². The van der Waals surface area contributed by atoms with E-state index in [9.17, 15) is 9.50 Å². The summed E-state index contributed by atoms with van der Waals surface area (Å²) in [4.78, 5) is 0. The molecular formula is C12H12BrFN2OS. The van der Waals surface area contributed by atoms with Crippen molar-refractivity contribution in [1.82, 2.24) is 0 Å². The van der Waals surface area contributed by atoms with Crippen LogP contribution >= 0.6 is 27.3 Å². The Kier molecular flexibility index (Phi) is 4.21. The zero-order valence-corrected chi connectivity index (χ0v) is 11.8. The predicted octanol–water partition coefficient (Wildman–Crippen LogP) is 3.38. The van der Waals surface area contributed by atoms with E-state index in [1.807, 2.05) is 16.8 Å². The largest absolute Gasteiger partial charge is 0.397 e. The Morgan fingerprint density at radius 2 is 2.28 bits per heavy atom. The van der Waals surface area contributed by atoms with E-state index < -0.39 is 11.9 Å². The Morgan fingerprint density at radius 1 is 1.50 bits per heavy atom. The minimum Gasteiger partial charge on any atom is -0.397 e. The number of rotatable bonds is 4. The molecule has 1 atom stereocenters. The van der Waals surface area contributed by atoms with E-state index in [1.165, 1.54) is 17.4 Å². The van der Waals surface area contributed by atoms with Crippen molar-refractivity contribution < 1.29 is 9.50 Å². The normalized spacial score (nSPS) is 12.4. The zero-order chi connectivity index (χ0) is 13.1. The first kappa shape index (κ1) is 13.3. The van der Waals surface area contributed by atoms with Gasteiger partial charge in [0.1, 0.15) is 5.82 Å². The maximum atomic E-state index is 13.2. The first-order valence-electron chi connectivity index (χ1n) is 5.26. The maximum absolute atomic E-state index is 13.2. The van der Waals surface area contributed by atoms with Crippen molar-refractivity contribution in [3.8, 4) is 0 Å². The lowest BCUT2D eigenvalue weighted by molar-refractivity contribution is 0.192. The number of anilines is 2. The molecule has 3 nitrogen and oxygen atoms in total. The van der Waals surface area contributed by atoms with Gasteiger partial charge in [0.15, 0.2) is 0 Å². The third-order valence-electron chi connectivity index (χ3n) is 2.51. The molecule has 0 bridgehead atoms. The molecule has 0 aliphatic rings. The van der Waals surface area contributed by atoms with Crippen LogP contribution in [0.3, 0.4) is 0 Å². The van der Waals surface area contributed by atoms with Crippen LogP contribution < -0.4 is 11.1 Å². The van der Waals surface area contributed by atoms with Crippen molar-refractivity contribution in [3.63, 3.8) is 0 Å². The van der Waals surface area contributed by atoms with Crippen molar-refractivity contribution in [3.05, 3.63) is 44.8 Å². The lowest BCUT2D eigenvalue weighted by Crippen LogP contribution is -2.12. The number of thiophene rings is 1. The number of hydrogen-bond acceptors (Lipinski definition) is 4. The number of halogens is 2. The molecule has 0 saturated carbocycles. The van der Waals surface area contributed by atoms with Gasteiger partial charge in [0, 0.05) is 12.6 Å². The molecule has 1 aromatic heterocycles. The van der Waals surface area contributed by atoms with Gasteiger partial charge in [0.2, 0.25) is 0 Å². The number of nitrogens with one attached hydrogen (secondary N) is 1. The minimum atomic E-state index is -0.612.